The lowest BCUT2D eigenvalue weighted by atomic mass is 10.0. The van der Waals surface area contributed by atoms with Gasteiger partial charge >= 0.3 is 6.18 Å². The number of halogens is 3. The molecule has 1 atom stereocenters. The summed E-state index contributed by atoms with van der Waals surface area (Å²) < 4.78 is 42.4. The largest absolute Gasteiger partial charge is 0.496 e. The highest BCUT2D eigenvalue weighted by Crippen LogP contribution is 2.35. The van der Waals surface area contributed by atoms with Gasteiger partial charge in [-0.25, -0.2) is 4.79 Å². The Labute approximate surface area is 95.9 Å². The second-order valence-electron chi connectivity index (χ2n) is 3.35. The van der Waals surface area contributed by atoms with Gasteiger partial charge in [0.25, 0.3) is 0 Å². The van der Waals surface area contributed by atoms with E-state index in [1.807, 2.05) is 0 Å². The Kier molecular flexibility index (Phi) is 3.91. The fourth-order valence-corrected chi connectivity index (χ4v) is 1.39. The van der Waals surface area contributed by atoms with Crippen LogP contribution in [0.25, 0.3) is 0 Å². The molecule has 0 heterocycles. The van der Waals surface area contributed by atoms with Gasteiger partial charge in [0.05, 0.1) is 18.7 Å². The molecular weight excluding hydrogens is 235 g/mol. The number of rotatable bonds is 3. The fourth-order valence-electron chi connectivity index (χ4n) is 1.39. The number of methoxy groups -OCH3 is 1. The molecule has 0 saturated heterocycles. The molecule has 1 aromatic carbocycles. The molecule has 17 heavy (non-hydrogen) atoms. The van der Waals surface area contributed by atoms with E-state index in [-0.39, 0.29) is 11.3 Å². The first-order valence-electron chi connectivity index (χ1n) is 4.72. The second-order valence-corrected chi connectivity index (χ2v) is 3.35. The highest BCUT2D eigenvalue weighted by molar-refractivity contribution is 5.43. The van der Waals surface area contributed by atoms with E-state index in [0.717, 1.165) is 12.1 Å². The van der Waals surface area contributed by atoms with E-state index in [4.69, 9.17) is 4.74 Å². The molecule has 3 nitrogen and oxygen atoms in total. The van der Waals surface area contributed by atoms with Crippen molar-refractivity contribution in [3.05, 3.63) is 29.3 Å². The molecule has 0 aliphatic rings. The zero-order valence-electron chi connectivity index (χ0n) is 9.21. The molecule has 0 bridgehead atoms. The molecule has 0 N–H and O–H groups in total. The lowest BCUT2D eigenvalue weighted by Gasteiger charge is -2.14. The Hall–Kier alpha value is -1.81. The molecule has 0 spiro atoms. The fraction of sp³-hybridized carbons (Fsp3) is 0.364. The van der Waals surface area contributed by atoms with Gasteiger partial charge in [-0.2, -0.15) is 18.2 Å². The summed E-state index contributed by atoms with van der Waals surface area (Å²) in [5, 5.41) is 0. The number of isocyanates is 1. The lowest BCUT2D eigenvalue weighted by molar-refractivity contribution is -0.137. The Bertz CT molecular complexity index is 451. The van der Waals surface area contributed by atoms with Gasteiger partial charge in [0.1, 0.15) is 5.75 Å². The zero-order valence-corrected chi connectivity index (χ0v) is 9.21. The predicted molar refractivity (Wildman–Crippen MR) is 54.5 cm³/mol. The van der Waals surface area contributed by atoms with E-state index in [1.165, 1.54) is 26.2 Å². The van der Waals surface area contributed by atoms with Crippen molar-refractivity contribution in [1.82, 2.24) is 0 Å². The van der Waals surface area contributed by atoms with Gasteiger partial charge in [-0.05, 0) is 25.1 Å². The zero-order chi connectivity index (χ0) is 13.1. The van der Waals surface area contributed by atoms with Crippen molar-refractivity contribution in [2.75, 3.05) is 7.11 Å². The SMILES string of the molecule is COc1ccc(C(F)(F)F)cc1C(C)N=C=O. The highest BCUT2D eigenvalue weighted by Gasteiger charge is 2.31. The van der Waals surface area contributed by atoms with E-state index < -0.39 is 17.8 Å². The predicted octanol–water partition coefficient (Wildman–Crippen LogP) is 3.11. The molecule has 0 fully saturated rings. The maximum absolute atomic E-state index is 12.5. The minimum absolute atomic E-state index is 0.200. The summed E-state index contributed by atoms with van der Waals surface area (Å²) in [6, 6.07) is 2.31. The molecule has 1 aromatic rings. The first kappa shape index (κ1) is 13.3. The van der Waals surface area contributed by atoms with Crippen molar-refractivity contribution in [2.24, 2.45) is 4.99 Å². The van der Waals surface area contributed by atoms with Crippen molar-refractivity contribution in [3.8, 4) is 5.75 Å². The average Bonchev–Trinajstić information content (AvgIpc) is 2.27. The van der Waals surface area contributed by atoms with Crippen molar-refractivity contribution < 1.29 is 22.7 Å². The van der Waals surface area contributed by atoms with Crippen LogP contribution in [0.5, 0.6) is 5.75 Å². The van der Waals surface area contributed by atoms with Crippen LogP contribution in [0.3, 0.4) is 0 Å². The number of nitrogens with zero attached hydrogens (tertiary/aromatic N) is 1. The molecule has 0 aromatic heterocycles. The van der Waals surface area contributed by atoms with E-state index in [1.54, 1.807) is 0 Å². The summed E-state index contributed by atoms with van der Waals surface area (Å²) in [6.07, 6.45) is -3.13. The Morgan fingerprint density at radius 2 is 2.06 bits per heavy atom. The summed E-state index contributed by atoms with van der Waals surface area (Å²) in [7, 11) is 1.34. The van der Waals surface area contributed by atoms with Crippen molar-refractivity contribution >= 4 is 6.08 Å². The summed E-state index contributed by atoms with van der Waals surface area (Å²) >= 11 is 0. The van der Waals surface area contributed by atoms with Crippen molar-refractivity contribution in [1.29, 1.82) is 0 Å². The van der Waals surface area contributed by atoms with Crippen LogP contribution in [0.15, 0.2) is 23.2 Å². The third-order valence-corrected chi connectivity index (χ3v) is 2.25. The van der Waals surface area contributed by atoms with Gasteiger partial charge in [-0.3, -0.25) is 0 Å². The van der Waals surface area contributed by atoms with Crippen LogP contribution in [-0.2, 0) is 11.0 Å². The highest BCUT2D eigenvalue weighted by atomic mass is 19.4. The number of hydrogen-bond donors (Lipinski definition) is 0. The summed E-state index contributed by atoms with van der Waals surface area (Å²) in [4.78, 5) is 13.5. The van der Waals surface area contributed by atoms with E-state index in [9.17, 15) is 18.0 Å². The number of ether oxygens (including phenoxy) is 1. The molecule has 0 aliphatic heterocycles. The number of aliphatic imine (C=N–C) groups is 1. The molecule has 6 heteroatoms. The quantitative estimate of drug-likeness (QED) is 0.606. The lowest BCUT2D eigenvalue weighted by Crippen LogP contribution is -2.07. The minimum atomic E-state index is -4.44. The van der Waals surface area contributed by atoms with Gasteiger partial charge in [0, 0.05) is 5.56 Å². The third-order valence-electron chi connectivity index (χ3n) is 2.25. The molecule has 1 rings (SSSR count). The Balaban J connectivity index is 3.29. The van der Waals surface area contributed by atoms with Crippen LogP contribution in [0.4, 0.5) is 13.2 Å². The van der Waals surface area contributed by atoms with E-state index in [0.29, 0.717) is 0 Å². The normalized spacial score (nSPS) is 12.8. The maximum Gasteiger partial charge on any atom is 0.416 e. The van der Waals surface area contributed by atoms with Crippen molar-refractivity contribution in [3.63, 3.8) is 0 Å². The molecule has 0 aliphatic carbocycles. The van der Waals surface area contributed by atoms with Crippen LogP contribution in [0.2, 0.25) is 0 Å². The molecular formula is C11H10F3NO2. The monoisotopic (exact) mass is 245 g/mol. The molecule has 0 amide bonds. The topological polar surface area (TPSA) is 38.7 Å². The summed E-state index contributed by atoms with van der Waals surface area (Å²) in [5.41, 5.74) is -0.605. The number of hydrogen-bond acceptors (Lipinski definition) is 3. The first-order chi connectivity index (χ1) is 7.90. The van der Waals surface area contributed by atoms with Crippen LogP contribution < -0.4 is 4.74 Å². The molecule has 0 saturated carbocycles. The molecule has 0 radical (unpaired) electrons. The molecule has 92 valence electrons. The molecule has 1 unspecified atom stereocenters. The Morgan fingerprint density at radius 1 is 1.41 bits per heavy atom. The summed E-state index contributed by atoms with van der Waals surface area (Å²) in [6.45, 7) is 1.49. The van der Waals surface area contributed by atoms with Gasteiger partial charge < -0.3 is 4.74 Å². The van der Waals surface area contributed by atoms with Gasteiger partial charge in [0.2, 0.25) is 6.08 Å². The van der Waals surface area contributed by atoms with E-state index in [2.05, 4.69) is 4.99 Å². The number of alkyl halides is 3. The van der Waals surface area contributed by atoms with Gasteiger partial charge in [-0.1, -0.05) is 0 Å². The van der Waals surface area contributed by atoms with Crippen LogP contribution in [0.1, 0.15) is 24.1 Å². The smallest absolute Gasteiger partial charge is 0.416 e. The standard InChI is InChI=1S/C11H10F3NO2/c1-7(15-6-16)9-5-8(11(12,13)14)3-4-10(9)17-2/h3-5,7H,1-2H3. The van der Waals surface area contributed by atoms with Gasteiger partial charge in [-0.15, -0.1) is 0 Å². The minimum Gasteiger partial charge on any atom is -0.496 e. The maximum atomic E-state index is 12.5. The second kappa shape index (κ2) is 5.01. The Morgan fingerprint density at radius 3 is 2.53 bits per heavy atom. The first-order valence-corrected chi connectivity index (χ1v) is 4.72. The van der Waals surface area contributed by atoms with E-state index >= 15 is 0 Å². The van der Waals surface area contributed by atoms with Crippen molar-refractivity contribution in [2.45, 2.75) is 19.1 Å². The number of benzene rings is 1. The average molecular weight is 245 g/mol. The van der Waals surface area contributed by atoms with Crippen LogP contribution in [0, 0.1) is 0 Å². The van der Waals surface area contributed by atoms with Crippen LogP contribution >= 0.6 is 0 Å². The summed E-state index contributed by atoms with van der Waals surface area (Å²) in [5.74, 6) is 0.254. The number of carbonyl (C=O) groups excluding carboxylic acids is 1. The van der Waals surface area contributed by atoms with Gasteiger partial charge in [0.15, 0.2) is 0 Å². The van der Waals surface area contributed by atoms with Crippen LogP contribution in [-0.4, -0.2) is 13.2 Å². The third kappa shape index (κ3) is 3.07.